The van der Waals surface area contributed by atoms with Gasteiger partial charge in [-0.1, -0.05) is 6.42 Å². The summed E-state index contributed by atoms with van der Waals surface area (Å²) in [5.74, 6) is 2.76. The van der Waals surface area contributed by atoms with Gasteiger partial charge in [0.2, 0.25) is 0 Å². The lowest BCUT2D eigenvalue weighted by Gasteiger charge is -2.28. The van der Waals surface area contributed by atoms with Gasteiger partial charge in [0.15, 0.2) is 0 Å². The molecular formula is C14H22N4. The van der Waals surface area contributed by atoms with Crippen LogP contribution in [-0.2, 0) is 0 Å². The summed E-state index contributed by atoms with van der Waals surface area (Å²) in [6.07, 6.45) is 6.56. The average Bonchev–Trinajstić information content (AvgIpc) is 3.05. The zero-order chi connectivity index (χ0) is 11.9. The highest BCUT2D eigenvalue weighted by Crippen LogP contribution is 2.41. The lowest BCUT2D eigenvalue weighted by molar-refractivity contribution is 0.342. The quantitative estimate of drug-likeness (QED) is 0.797. The molecule has 2 aliphatic heterocycles. The lowest BCUT2D eigenvalue weighted by Crippen LogP contribution is -2.29. The SMILES string of the molecule is c1c(C2CCNCC2)nn2c1NCC1CCCC12. The van der Waals surface area contributed by atoms with Crippen LogP contribution in [0.1, 0.15) is 49.8 Å². The van der Waals surface area contributed by atoms with Gasteiger partial charge in [-0.3, -0.25) is 0 Å². The van der Waals surface area contributed by atoms with Gasteiger partial charge in [0.25, 0.3) is 0 Å². The summed E-state index contributed by atoms with van der Waals surface area (Å²) in [4.78, 5) is 0. The van der Waals surface area contributed by atoms with Crippen molar-refractivity contribution in [2.24, 2.45) is 5.92 Å². The van der Waals surface area contributed by atoms with E-state index in [9.17, 15) is 0 Å². The van der Waals surface area contributed by atoms with Crippen LogP contribution in [0.15, 0.2) is 6.07 Å². The van der Waals surface area contributed by atoms with Crippen LogP contribution < -0.4 is 10.6 Å². The van der Waals surface area contributed by atoms with E-state index in [1.165, 1.54) is 43.6 Å². The minimum Gasteiger partial charge on any atom is -0.370 e. The number of anilines is 1. The Bertz CT molecular complexity index is 433. The van der Waals surface area contributed by atoms with Gasteiger partial charge in [-0.2, -0.15) is 5.10 Å². The van der Waals surface area contributed by atoms with Crippen molar-refractivity contribution in [1.82, 2.24) is 15.1 Å². The third-order valence-electron chi connectivity index (χ3n) is 4.99. The van der Waals surface area contributed by atoms with Crippen molar-refractivity contribution < 1.29 is 0 Å². The monoisotopic (exact) mass is 246 g/mol. The van der Waals surface area contributed by atoms with Gasteiger partial charge in [0, 0.05) is 18.5 Å². The predicted octanol–water partition coefficient (Wildman–Crippen LogP) is 2.12. The van der Waals surface area contributed by atoms with Crippen LogP contribution >= 0.6 is 0 Å². The van der Waals surface area contributed by atoms with Crippen LogP contribution in [0.5, 0.6) is 0 Å². The molecule has 2 fully saturated rings. The zero-order valence-corrected chi connectivity index (χ0v) is 10.9. The van der Waals surface area contributed by atoms with E-state index >= 15 is 0 Å². The van der Waals surface area contributed by atoms with Gasteiger partial charge in [0.05, 0.1) is 11.7 Å². The second kappa shape index (κ2) is 4.26. The number of nitrogens with one attached hydrogen (secondary N) is 2. The summed E-state index contributed by atoms with van der Waals surface area (Å²) >= 11 is 0. The first-order valence-electron chi connectivity index (χ1n) is 7.46. The van der Waals surface area contributed by atoms with E-state index in [0.717, 1.165) is 25.6 Å². The molecule has 1 aliphatic carbocycles. The van der Waals surface area contributed by atoms with Crippen LogP contribution in [-0.4, -0.2) is 29.4 Å². The molecule has 1 aromatic rings. The highest BCUT2D eigenvalue weighted by Gasteiger charge is 2.35. The first kappa shape index (κ1) is 10.9. The molecule has 18 heavy (non-hydrogen) atoms. The fourth-order valence-corrected chi connectivity index (χ4v) is 3.93. The molecule has 3 aliphatic rings. The highest BCUT2D eigenvalue weighted by molar-refractivity contribution is 5.41. The Morgan fingerprint density at radius 3 is 2.94 bits per heavy atom. The number of hydrogen-bond acceptors (Lipinski definition) is 3. The molecule has 1 aromatic heterocycles. The van der Waals surface area contributed by atoms with Crippen LogP contribution in [0.4, 0.5) is 5.82 Å². The van der Waals surface area contributed by atoms with Crippen LogP contribution in [0, 0.1) is 5.92 Å². The normalized spacial score (nSPS) is 31.8. The van der Waals surface area contributed by atoms with E-state index in [1.54, 1.807) is 0 Å². The van der Waals surface area contributed by atoms with Gasteiger partial charge in [-0.25, -0.2) is 4.68 Å². The van der Waals surface area contributed by atoms with E-state index in [0.29, 0.717) is 12.0 Å². The number of nitrogens with zero attached hydrogens (tertiary/aromatic N) is 2. The molecule has 4 rings (SSSR count). The summed E-state index contributed by atoms with van der Waals surface area (Å²) in [6, 6.07) is 2.99. The maximum absolute atomic E-state index is 4.94. The largest absolute Gasteiger partial charge is 0.370 e. The molecule has 0 amide bonds. The number of piperidine rings is 1. The van der Waals surface area contributed by atoms with Gasteiger partial charge < -0.3 is 10.6 Å². The van der Waals surface area contributed by atoms with Crippen LogP contribution in [0.3, 0.4) is 0 Å². The molecule has 0 aromatic carbocycles. The average molecular weight is 246 g/mol. The Hall–Kier alpha value is -1.03. The van der Waals surface area contributed by atoms with Crippen LogP contribution in [0.2, 0.25) is 0 Å². The molecule has 1 saturated carbocycles. The van der Waals surface area contributed by atoms with Crippen molar-refractivity contribution in [2.75, 3.05) is 25.0 Å². The third kappa shape index (κ3) is 1.66. The van der Waals surface area contributed by atoms with Crippen molar-refractivity contribution in [3.63, 3.8) is 0 Å². The molecule has 98 valence electrons. The summed E-state index contributed by atoms with van der Waals surface area (Å²) in [5, 5.41) is 12.0. The Morgan fingerprint density at radius 2 is 2.06 bits per heavy atom. The number of hydrogen-bond donors (Lipinski definition) is 2. The molecule has 2 unspecified atom stereocenters. The second-order valence-electron chi connectivity index (χ2n) is 6.06. The Morgan fingerprint density at radius 1 is 1.17 bits per heavy atom. The lowest BCUT2D eigenvalue weighted by atomic mass is 9.95. The van der Waals surface area contributed by atoms with Crippen LogP contribution in [0.25, 0.3) is 0 Å². The van der Waals surface area contributed by atoms with Crippen molar-refractivity contribution in [3.05, 3.63) is 11.8 Å². The molecule has 3 heterocycles. The molecular weight excluding hydrogens is 224 g/mol. The fourth-order valence-electron chi connectivity index (χ4n) is 3.93. The summed E-state index contributed by atoms with van der Waals surface area (Å²) in [6.45, 7) is 3.45. The minimum atomic E-state index is 0.672. The van der Waals surface area contributed by atoms with Gasteiger partial charge in [0.1, 0.15) is 5.82 Å². The smallest absolute Gasteiger partial charge is 0.124 e. The Balaban J connectivity index is 1.63. The van der Waals surface area contributed by atoms with E-state index < -0.39 is 0 Å². The van der Waals surface area contributed by atoms with E-state index in [-0.39, 0.29) is 0 Å². The Labute approximate surface area is 108 Å². The summed E-state index contributed by atoms with van der Waals surface area (Å²) in [5.41, 5.74) is 1.33. The number of rotatable bonds is 1. The van der Waals surface area contributed by atoms with Crippen molar-refractivity contribution in [2.45, 2.75) is 44.1 Å². The molecule has 1 saturated heterocycles. The first-order valence-corrected chi connectivity index (χ1v) is 7.46. The van der Waals surface area contributed by atoms with Crippen molar-refractivity contribution >= 4 is 5.82 Å². The number of aromatic nitrogens is 2. The summed E-state index contributed by atoms with van der Waals surface area (Å²) in [7, 11) is 0. The predicted molar refractivity (Wildman–Crippen MR) is 71.9 cm³/mol. The third-order valence-corrected chi connectivity index (χ3v) is 4.99. The molecule has 0 radical (unpaired) electrons. The highest BCUT2D eigenvalue weighted by atomic mass is 15.4. The van der Waals surface area contributed by atoms with Gasteiger partial charge >= 0.3 is 0 Å². The molecule has 4 nitrogen and oxygen atoms in total. The molecule has 0 bridgehead atoms. The van der Waals surface area contributed by atoms with Crippen molar-refractivity contribution in [3.8, 4) is 0 Å². The van der Waals surface area contributed by atoms with Gasteiger partial charge in [-0.15, -0.1) is 0 Å². The molecule has 2 N–H and O–H groups in total. The second-order valence-corrected chi connectivity index (χ2v) is 6.06. The fraction of sp³-hybridized carbons (Fsp3) is 0.786. The maximum Gasteiger partial charge on any atom is 0.124 e. The van der Waals surface area contributed by atoms with E-state index in [4.69, 9.17) is 5.10 Å². The summed E-state index contributed by atoms with van der Waals surface area (Å²) < 4.78 is 2.30. The molecule has 4 heteroatoms. The first-order chi connectivity index (χ1) is 8.92. The number of fused-ring (bicyclic) bond motifs is 3. The van der Waals surface area contributed by atoms with Crippen molar-refractivity contribution in [1.29, 1.82) is 0 Å². The van der Waals surface area contributed by atoms with Gasteiger partial charge in [-0.05, 0) is 44.7 Å². The Kier molecular flexibility index (Phi) is 2.57. The van der Waals surface area contributed by atoms with E-state index in [2.05, 4.69) is 21.4 Å². The standard InChI is InChI=1S/C14H22N4/c1-2-11-9-16-14-8-12(10-4-6-15-7-5-10)17-18(14)13(11)3-1/h8,10-11,13,15-16H,1-7,9H2. The zero-order valence-electron chi connectivity index (χ0n) is 10.9. The maximum atomic E-state index is 4.94. The minimum absolute atomic E-state index is 0.672. The molecule has 0 spiro atoms. The molecule has 2 atom stereocenters. The topological polar surface area (TPSA) is 41.9 Å². The van der Waals surface area contributed by atoms with E-state index in [1.807, 2.05) is 0 Å².